The fraction of sp³-hybridized carbons (Fsp3) is 1.00. The minimum Gasteiger partial charge on any atom is -0.330 e. The molecule has 0 radical (unpaired) electrons. The number of halogens is 1. The van der Waals surface area contributed by atoms with Crippen LogP contribution in [-0.4, -0.2) is 25.8 Å². The third-order valence-electron chi connectivity index (χ3n) is 2.29. The van der Waals surface area contributed by atoms with Crippen molar-refractivity contribution in [3.05, 3.63) is 0 Å². The Hall–Kier alpha value is -0.150. The van der Waals surface area contributed by atoms with Crippen molar-refractivity contribution in [1.82, 2.24) is 5.32 Å². The van der Waals surface area contributed by atoms with E-state index in [9.17, 15) is 4.39 Å². The molecule has 0 aromatic heterocycles. The van der Waals surface area contributed by atoms with Crippen molar-refractivity contribution in [3.8, 4) is 0 Å². The highest BCUT2D eigenvalue weighted by Crippen LogP contribution is 2.18. The van der Waals surface area contributed by atoms with Gasteiger partial charge in [0.1, 0.15) is 6.17 Å². The SMILES string of the molecule is NCCC(F)C1CCCNC1. The van der Waals surface area contributed by atoms with Gasteiger partial charge in [-0.05, 0) is 32.4 Å². The van der Waals surface area contributed by atoms with Crippen molar-refractivity contribution in [2.45, 2.75) is 25.4 Å². The van der Waals surface area contributed by atoms with E-state index < -0.39 is 6.17 Å². The molecule has 2 atom stereocenters. The molecule has 1 rings (SSSR count). The lowest BCUT2D eigenvalue weighted by Gasteiger charge is -2.25. The van der Waals surface area contributed by atoms with Crippen LogP contribution >= 0.6 is 0 Å². The number of hydrogen-bond donors (Lipinski definition) is 2. The standard InChI is InChI=1S/C8H17FN2/c9-8(3-4-10)7-2-1-5-11-6-7/h7-8,11H,1-6,10H2. The highest BCUT2D eigenvalue weighted by atomic mass is 19.1. The molecule has 0 aliphatic carbocycles. The van der Waals surface area contributed by atoms with Crippen LogP contribution in [0.25, 0.3) is 0 Å². The topological polar surface area (TPSA) is 38.0 Å². The van der Waals surface area contributed by atoms with Crippen LogP contribution in [0.2, 0.25) is 0 Å². The van der Waals surface area contributed by atoms with Crippen LogP contribution in [0.15, 0.2) is 0 Å². The van der Waals surface area contributed by atoms with E-state index in [1.54, 1.807) is 0 Å². The molecule has 3 N–H and O–H groups in total. The van der Waals surface area contributed by atoms with Crippen LogP contribution in [0.1, 0.15) is 19.3 Å². The molecule has 0 aromatic rings. The maximum atomic E-state index is 13.2. The molecule has 11 heavy (non-hydrogen) atoms. The van der Waals surface area contributed by atoms with Crippen LogP contribution in [0.3, 0.4) is 0 Å². The largest absolute Gasteiger partial charge is 0.330 e. The molecule has 0 bridgehead atoms. The zero-order valence-corrected chi connectivity index (χ0v) is 6.85. The average Bonchev–Trinajstić information content (AvgIpc) is 2.07. The van der Waals surface area contributed by atoms with Gasteiger partial charge in [-0.1, -0.05) is 0 Å². The predicted octanol–water partition coefficient (Wildman–Crippen LogP) is 0.673. The van der Waals surface area contributed by atoms with Crippen LogP contribution in [0, 0.1) is 5.92 Å². The summed E-state index contributed by atoms with van der Waals surface area (Å²) in [5, 5.41) is 3.19. The van der Waals surface area contributed by atoms with Gasteiger partial charge < -0.3 is 11.1 Å². The Balaban J connectivity index is 2.21. The summed E-state index contributed by atoms with van der Waals surface area (Å²) in [4.78, 5) is 0. The molecule has 3 heteroatoms. The summed E-state index contributed by atoms with van der Waals surface area (Å²) in [7, 11) is 0. The van der Waals surface area contributed by atoms with Gasteiger partial charge in [0.25, 0.3) is 0 Å². The number of piperidine rings is 1. The minimum absolute atomic E-state index is 0.215. The second-order valence-corrected chi connectivity index (χ2v) is 3.20. The Morgan fingerprint density at radius 3 is 3.00 bits per heavy atom. The maximum Gasteiger partial charge on any atom is 0.105 e. The highest BCUT2D eigenvalue weighted by molar-refractivity contribution is 4.75. The molecular formula is C8H17FN2. The fourth-order valence-electron chi connectivity index (χ4n) is 1.58. The van der Waals surface area contributed by atoms with Gasteiger partial charge in [0.15, 0.2) is 0 Å². The molecule has 1 heterocycles. The van der Waals surface area contributed by atoms with Crippen molar-refractivity contribution in [2.75, 3.05) is 19.6 Å². The summed E-state index contributed by atoms with van der Waals surface area (Å²) in [6, 6.07) is 0. The van der Waals surface area contributed by atoms with Gasteiger partial charge in [-0.3, -0.25) is 0 Å². The van der Waals surface area contributed by atoms with Gasteiger partial charge in [-0.15, -0.1) is 0 Å². The zero-order chi connectivity index (χ0) is 8.10. The first kappa shape index (κ1) is 8.94. The van der Waals surface area contributed by atoms with Crippen molar-refractivity contribution in [2.24, 2.45) is 11.7 Å². The molecule has 0 amide bonds. The molecular weight excluding hydrogens is 143 g/mol. The van der Waals surface area contributed by atoms with Gasteiger partial charge in [-0.25, -0.2) is 4.39 Å². The number of alkyl halides is 1. The number of rotatable bonds is 3. The van der Waals surface area contributed by atoms with Gasteiger partial charge in [0, 0.05) is 12.5 Å². The second kappa shape index (κ2) is 4.67. The first-order valence-electron chi connectivity index (χ1n) is 4.39. The highest BCUT2D eigenvalue weighted by Gasteiger charge is 2.21. The molecule has 2 unspecified atom stereocenters. The summed E-state index contributed by atoms with van der Waals surface area (Å²) in [5.41, 5.74) is 5.28. The molecule has 0 saturated carbocycles. The van der Waals surface area contributed by atoms with Crippen LogP contribution in [0.5, 0.6) is 0 Å². The average molecular weight is 160 g/mol. The molecule has 1 aliphatic rings. The van der Waals surface area contributed by atoms with Crippen molar-refractivity contribution < 1.29 is 4.39 Å². The number of nitrogens with one attached hydrogen (secondary N) is 1. The van der Waals surface area contributed by atoms with E-state index in [0.29, 0.717) is 13.0 Å². The lowest BCUT2D eigenvalue weighted by Crippen LogP contribution is -2.35. The minimum atomic E-state index is -0.687. The Bertz CT molecular complexity index is 102. The van der Waals surface area contributed by atoms with Crippen molar-refractivity contribution in [3.63, 3.8) is 0 Å². The Morgan fingerprint density at radius 2 is 2.45 bits per heavy atom. The molecule has 1 saturated heterocycles. The van der Waals surface area contributed by atoms with Gasteiger partial charge in [0.05, 0.1) is 0 Å². The Morgan fingerprint density at radius 1 is 1.64 bits per heavy atom. The molecule has 2 nitrogen and oxygen atoms in total. The zero-order valence-electron chi connectivity index (χ0n) is 6.85. The summed E-state index contributed by atoms with van der Waals surface area (Å²) >= 11 is 0. The summed E-state index contributed by atoms with van der Waals surface area (Å²) in [6.07, 6.45) is 1.96. The smallest absolute Gasteiger partial charge is 0.105 e. The van der Waals surface area contributed by atoms with Gasteiger partial charge >= 0.3 is 0 Å². The van der Waals surface area contributed by atoms with E-state index in [1.807, 2.05) is 0 Å². The molecule has 66 valence electrons. The first-order valence-corrected chi connectivity index (χ1v) is 4.39. The fourth-order valence-corrected chi connectivity index (χ4v) is 1.58. The third-order valence-corrected chi connectivity index (χ3v) is 2.29. The van der Waals surface area contributed by atoms with Gasteiger partial charge in [-0.2, -0.15) is 0 Å². The van der Waals surface area contributed by atoms with E-state index in [4.69, 9.17) is 5.73 Å². The number of nitrogens with two attached hydrogens (primary N) is 1. The monoisotopic (exact) mass is 160 g/mol. The summed E-state index contributed by atoms with van der Waals surface area (Å²) < 4.78 is 13.2. The van der Waals surface area contributed by atoms with Crippen molar-refractivity contribution in [1.29, 1.82) is 0 Å². The maximum absolute atomic E-state index is 13.2. The number of hydrogen-bond acceptors (Lipinski definition) is 2. The van der Waals surface area contributed by atoms with Crippen LogP contribution in [-0.2, 0) is 0 Å². The second-order valence-electron chi connectivity index (χ2n) is 3.20. The molecule has 1 aliphatic heterocycles. The molecule has 0 spiro atoms. The van der Waals surface area contributed by atoms with Gasteiger partial charge in [0.2, 0.25) is 0 Å². The van der Waals surface area contributed by atoms with E-state index in [-0.39, 0.29) is 5.92 Å². The van der Waals surface area contributed by atoms with E-state index in [0.717, 1.165) is 25.9 Å². The Labute approximate surface area is 67.3 Å². The summed E-state index contributed by atoms with van der Waals surface area (Å²) in [6.45, 7) is 2.35. The van der Waals surface area contributed by atoms with E-state index >= 15 is 0 Å². The first-order chi connectivity index (χ1) is 5.34. The molecule has 1 fully saturated rings. The lowest BCUT2D eigenvalue weighted by molar-refractivity contribution is 0.184. The molecule has 0 aromatic carbocycles. The van der Waals surface area contributed by atoms with E-state index in [1.165, 1.54) is 0 Å². The van der Waals surface area contributed by atoms with E-state index in [2.05, 4.69) is 5.32 Å². The quantitative estimate of drug-likeness (QED) is 0.637. The Kier molecular flexibility index (Phi) is 3.80. The lowest BCUT2D eigenvalue weighted by atomic mass is 9.93. The van der Waals surface area contributed by atoms with Crippen LogP contribution < -0.4 is 11.1 Å². The van der Waals surface area contributed by atoms with Crippen LogP contribution in [0.4, 0.5) is 4.39 Å². The summed E-state index contributed by atoms with van der Waals surface area (Å²) in [5.74, 6) is 0.215. The predicted molar refractivity (Wildman–Crippen MR) is 44.2 cm³/mol. The normalized spacial score (nSPS) is 28.4. The third kappa shape index (κ3) is 2.75. The van der Waals surface area contributed by atoms with Crippen molar-refractivity contribution >= 4 is 0 Å².